The molecule has 0 saturated heterocycles. The first-order chi connectivity index (χ1) is 15.4. The van der Waals surface area contributed by atoms with E-state index in [-0.39, 0.29) is 11.7 Å². The highest BCUT2D eigenvalue weighted by Crippen LogP contribution is 2.33. The van der Waals surface area contributed by atoms with Crippen LogP contribution in [-0.2, 0) is 13.0 Å². The van der Waals surface area contributed by atoms with Crippen molar-refractivity contribution in [3.8, 4) is 5.75 Å². The molecule has 168 valence electrons. The van der Waals surface area contributed by atoms with Gasteiger partial charge in [0.05, 0.1) is 6.10 Å². The molecule has 0 atom stereocenters. The number of carbonyl (C=O) groups excluding carboxylic acids is 1. The number of hydrogen-bond acceptors (Lipinski definition) is 5. The van der Waals surface area contributed by atoms with Crippen LogP contribution < -0.4 is 15.7 Å². The fraction of sp³-hybridized carbons (Fsp3) is 0.385. The number of benzene rings is 2. The van der Waals surface area contributed by atoms with Crippen molar-refractivity contribution in [2.75, 3.05) is 19.4 Å². The third-order valence-corrected chi connectivity index (χ3v) is 5.76. The van der Waals surface area contributed by atoms with E-state index in [0.29, 0.717) is 11.3 Å². The lowest BCUT2D eigenvalue weighted by Crippen LogP contribution is -2.25. The lowest BCUT2D eigenvalue weighted by Gasteiger charge is -2.27. The summed E-state index contributed by atoms with van der Waals surface area (Å²) in [5.74, 6) is 0.301. The molecule has 1 heterocycles. The van der Waals surface area contributed by atoms with Gasteiger partial charge in [-0.25, -0.2) is 4.79 Å². The van der Waals surface area contributed by atoms with Gasteiger partial charge in [0.15, 0.2) is 0 Å². The third-order valence-electron chi connectivity index (χ3n) is 5.76. The number of fused-ring (bicyclic) bond motifs is 1. The molecule has 6 nitrogen and oxygen atoms in total. The van der Waals surface area contributed by atoms with E-state index < -0.39 is 11.5 Å². The first-order valence-electron chi connectivity index (χ1n) is 11.3. The lowest BCUT2D eigenvalue weighted by atomic mass is 9.96. The van der Waals surface area contributed by atoms with E-state index in [9.17, 15) is 9.59 Å². The van der Waals surface area contributed by atoms with E-state index in [0.717, 1.165) is 54.5 Å². The Morgan fingerprint density at radius 2 is 1.91 bits per heavy atom. The van der Waals surface area contributed by atoms with E-state index >= 15 is 0 Å². The summed E-state index contributed by atoms with van der Waals surface area (Å²) in [6, 6.07) is 13.0. The number of hydrogen-bond donors (Lipinski definition) is 1. The summed E-state index contributed by atoms with van der Waals surface area (Å²) in [4.78, 5) is 27.6. The zero-order valence-electron chi connectivity index (χ0n) is 18.9. The number of ether oxygens (including phenoxy) is 1. The van der Waals surface area contributed by atoms with Crippen LogP contribution >= 0.6 is 0 Å². The standard InChI is InChI=1S/C26H30N2O4/c1-4-6-21-23(31-20-7-5-8-20)14-11-18-15-22(26(30)32-24(18)21)25(29)27-19-12-9-17(10-13-19)16-28(2)3/h9-15,20H,4-8,16H2,1-3H3,(H,27,29). The lowest BCUT2D eigenvalue weighted by molar-refractivity contribution is 0.102. The summed E-state index contributed by atoms with van der Waals surface area (Å²) in [6.45, 7) is 2.89. The van der Waals surface area contributed by atoms with Crippen molar-refractivity contribution in [1.82, 2.24) is 4.90 Å². The minimum absolute atomic E-state index is 0.00928. The van der Waals surface area contributed by atoms with Crippen molar-refractivity contribution >= 4 is 22.6 Å². The van der Waals surface area contributed by atoms with Crippen LogP contribution in [0.3, 0.4) is 0 Å². The second-order valence-corrected chi connectivity index (χ2v) is 8.72. The number of anilines is 1. The number of nitrogens with one attached hydrogen (secondary N) is 1. The van der Waals surface area contributed by atoms with Crippen LogP contribution in [0, 0.1) is 0 Å². The average molecular weight is 435 g/mol. The summed E-state index contributed by atoms with van der Waals surface area (Å²) in [7, 11) is 4.01. The van der Waals surface area contributed by atoms with E-state index in [1.165, 1.54) is 6.42 Å². The smallest absolute Gasteiger partial charge is 0.349 e. The summed E-state index contributed by atoms with van der Waals surface area (Å²) < 4.78 is 11.8. The van der Waals surface area contributed by atoms with E-state index in [1.807, 2.05) is 50.5 Å². The highest BCUT2D eigenvalue weighted by atomic mass is 16.5. The minimum atomic E-state index is -0.641. The van der Waals surface area contributed by atoms with Crippen molar-refractivity contribution in [2.45, 2.75) is 51.7 Å². The molecule has 2 aromatic carbocycles. The van der Waals surface area contributed by atoms with E-state index in [2.05, 4.69) is 17.1 Å². The zero-order chi connectivity index (χ0) is 22.7. The Morgan fingerprint density at radius 1 is 1.16 bits per heavy atom. The maximum atomic E-state index is 12.8. The Hall–Kier alpha value is -3.12. The Bertz CT molecular complexity index is 1160. The first kappa shape index (κ1) is 22.1. The Morgan fingerprint density at radius 3 is 2.53 bits per heavy atom. The predicted molar refractivity (Wildman–Crippen MR) is 127 cm³/mol. The SMILES string of the molecule is CCCc1c(OC2CCC2)ccc2cc(C(=O)Nc3ccc(CN(C)C)cc3)c(=O)oc12. The topological polar surface area (TPSA) is 71.8 Å². The molecule has 32 heavy (non-hydrogen) atoms. The number of nitrogens with zero attached hydrogens (tertiary/aromatic N) is 1. The van der Waals surface area contributed by atoms with Gasteiger partial charge in [0, 0.05) is 23.2 Å². The van der Waals surface area contributed by atoms with Crippen LogP contribution in [0.25, 0.3) is 11.0 Å². The fourth-order valence-electron chi connectivity index (χ4n) is 3.90. The summed E-state index contributed by atoms with van der Waals surface area (Å²) in [5.41, 5.74) is 2.53. The molecule has 0 unspecified atom stereocenters. The van der Waals surface area contributed by atoms with Crippen molar-refractivity contribution in [3.05, 3.63) is 69.6 Å². The Kier molecular flexibility index (Phi) is 6.61. The molecule has 0 radical (unpaired) electrons. The second kappa shape index (κ2) is 9.57. The molecular weight excluding hydrogens is 404 g/mol. The maximum absolute atomic E-state index is 12.8. The normalized spacial score (nSPS) is 13.9. The van der Waals surface area contributed by atoms with Crippen LogP contribution in [0.1, 0.15) is 54.1 Å². The van der Waals surface area contributed by atoms with Gasteiger partial charge in [0.25, 0.3) is 5.91 Å². The Labute approximate surface area is 188 Å². The molecule has 0 aliphatic heterocycles. The molecular formula is C26H30N2O4. The van der Waals surface area contributed by atoms with Gasteiger partial charge in [-0.05, 0) is 75.7 Å². The molecule has 0 spiro atoms. The van der Waals surface area contributed by atoms with E-state index in [1.54, 1.807) is 6.07 Å². The molecule has 1 aliphatic carbocycles. The molecule has 3 aromatic rings. The van der Waals surface area contributed by atoms with Gasteiger partial charge in [-0.3, -0.25) is 4.79 Å². The van der Waals surface area contributed by atoms with Crippen molar-refractivity contribution < 1.29 is 13.9 Å². The quantitative estimate of drug-likeness (QED) is 0.506. The van der Waals surface area contributed by atoms with Crippen molar-refractivity contribution in [3.63, 3.8) is 0 Å². The average Bonchev–Trinajstić information content (AvgIpc) is 2.72. The molecule has 1 N–H and O–H groups in total. The largest absolute Gasteiger partial charge is 0.490 e. The highest BCUT2D eigenvalue weighted by Gasteiger charge is 2.22. The summed E-state index contributed by atoms with van der Waals surface area (Å²) in [5, 5.41) is 3.52. The van der Waals surface area contributed by atoms with Crippen LogP contribution in [0.2, 0.25) is 0 Å². The molecule has 6 heteroatoms. The summed E-state index contributed by atoms with van der Waals surface area (Å²) in [6.07, 6.45) is 5.19. The van der Waals surface area contributed by atoms with Gasteiger partial charge in [-0.15, -0.1) is 0 Å². The predicted octanol–water partition coefficient (Wildman–Crippen LogP) is 4.99. The number of aryl methyl sites for hydroxylation is 1. The Balaban J connectivity index is 1.60. The van der Waals surface area contributed by atoms with Gasteiger partial charge < -0.3 is 19.4 Å². The number of carbonyl (C=O) groups is 1. The molecule has 1 fully saturated rings. The molecule has 1 aliphatic rings. The first-order valence-corrected chi connectivity index (χ1v) is 11.3. The highest BCUT2D eigenvalue weighted by molar-refractivity contribution is 6.05. The summed E-state index contributed by atoms with van der Waals surface area (Å²) >= 11 is 0. The monoisotopic (exact) mass is 434 g/mol. The van der Waals surface area contributed by atoms with Gasteiger partial charge in [-0.2, -0.15) is 0 Å². The van der Waals surface area contributed by atoms with Crippen molar-refractivity contribution in [2.24, 2.45) is 0 Å². The molecule has 0 bridgehead atoms. The van der Waals surface area contributed by atoms with Gasteiger partial charge in [0.1, 0.15) is 16.9 Å². The van der Waals surface area contributed by atoms with Gasteiger partial charge in [0.2, 0.25) is 0 Å². The van der Waals surface area contributed by atoms with Crippen LogP contribution in [0.15, 0.2) is 51.7 Å². The van der Waals surface area contributed by atoms with Crippen LogP contribution in [0.5, 0.6) is 5.75 Å². The molecule has 1 aromatic heterocycles. The van der Waals surface area contributed by atoms with Crippen molar-refractivity contribution in [1.29, 1.82) is 0 Å². The van der Waals surface area contributed by atoms with Gasteiger partial charge in [-0.1, -0.05) is 25.5 Å². The maximum Gasteiger partial charge on any atom is 0.349 e. The second-order valence-electron chi connectivity index (χ2n) is 8.72. The van der Waals surface area contributed by atoms with Crippen LogP contribution in [-0.4, -0.2) is 31.0 Å². The zero-order valence-corrected chi connectivity index (χ0v) is 18.9. The molecule has 1 saturated carbocycles. The third kappa shape index (κ3) is 4.86. The minimum Gasteiger partial charge on any atom is -0.490 e. The number of amides is 1. The number of rotatable bonds is 8. The molecule has 4 rings (SSSR count). The van der Waals surface area contributed by atoms with E-state index in [4.69, 9.17) is 9.15 Å². The van der Waals surface area contributed by atoms with Gasteiger partial charge >= 0.3 is 5.63 Å². The van der Waals surface area contributed by atoms with Crippen LogP contribution in [0.4, 0.5) is 5.69 Å². The fourth-order valence-corrected chi connectivity index (χ4v) is 3.90. The molecule has 1 amide bonds.